The minimum absolute atomic E-state index is 0. The van der Waals surface area contributed by atoms with Crippen LogP contribution in [-0.4, -0.2) is 29.9 Å². The molecular formula is C14H18ClFN2O. The lowest BCUT2D eigenvalue weighted by molar-refractivity contribution is -0.127. The molecule has 1 fully saturated rings. The number of nitrogens with two attached hydrogens (primary N) is 1. The highest BCUT2D eigenvalue weighted by Gasteiger charge is 2.19. The van der Waals surface area contributed by atoms with E-state index in [4.69, 9.17) is 5.73 Å². The molecule has 1 unspecified atom stereocenters. The van der Waals surface area contributed by atoms with Crippen LogP contribution >= 0.6 is 12.4 Å². The zero-order chi connectivity index (χ0) is 13.0. The molecule has 1 saturated heterocycles. The molecule has 3 nitrogen and oxygen atoms in total. The molecule has 1 atom stereocenters. The number of likely N-dealkylation sites (tertiary alicyclic amines) is 1. The second-order valence-electron chi connectivity index (χ2n) is 4.57. The van der Waals surface area contributed by atoms with Crippen LogP contribution in [0.2, 0.25) is 0 Å². The first-order valence-electron chi connectivity index (χ1n) is 6.13. The van der Waals surface area contributed by atoms with Crippen molar-refractivity contribution < 1.29 is 9.18 Å². The molecular weight excluding hydrogens is 267 g/mol. The van der Waals surface area contributed by atoms with E-state index in [1.165, 1.54) is 18.2 Å². The van der Waals surface area contributed by atoms with Crippen molar-refractivity contribution in [2.24, 2.45) is 5.73 Å². The van der Waals surface area contributed by atoms with Crippen molar-refractivity contribution in [2.45, 2.75) is 18.9 Å². The summed E-state index contributed by atoms with van der Waals surface area (Å²) in [5.74, 6) is -0.362. The number of halogens is 2. The van der Waals surface area contributed by atoms with Gasteiger partial charge in [0.1, 0.15) is 5.82 Å². The van der Waals surface area contributed by atoms with Gasteiger partial charge in [0.05, 0.1) is 0 Å². The molecule has 1 aromatic carbocycles. The highest BCUT2D eigenvalue weighted by atomic mass is 35.5. The molecule has 0 spiro atoms. The Morgan fingerprint density at radius 3 is 2.95 bits per heavy atom. The molecule has 19 heavy (non-hydrogen) atoms. The average Bonchev–Trinajstić information content (AvgIpc) is 2.36. The van der Waals surface area contributed by atoms with Gasteiger partial charge in [-0.2, -0.15) is 0 Å². The van der Waals surface area contributed by atoms with Crippen LogP contribution in [0.4, 0.5) is 4.39 Å². The van der Waals surface area contributed by atoms with E-state index in [1.54, 1.807) is 23.1 Å². The number of hydrogen-bond donors (Lipinski definition) is 1. The smallest absolute Gasteiger partial charge is 0.246 e. The van der Waals surface area contributed by atoms with Gasteiger partial charge in [0.25, 0.3) is 0 Å². The van der Waals surface area contributed by atoms with Crippen LogP contribution in [0.3, 0.4) is 0 Å². The van der Waals surface area contributed by atoms with Crippen molar-refractivity contribution in [2.75, 3.05) is 13.1 Å². The summed E-state index contributed by atoms with van der Waals surface area (Å²) in [4.78, 5) is 13.6. The van der Waals surface area contributed by atoms with Crippen LogP contribution in [0.5, 0.6) is 0 Å². The van der Waals surface area contributed by atoms with Crippen LogP contribution in [0.15, 0.2) is 30.3 Å². The van der Waals surface area contributed by atoms with E-state index in [-0.39, 0.29) is 30.2 Å². The quantitative estimate of drug-likeness (QED) is 0.847. The van der Waals surface area contributed by atoms with E-state index in [0.717, 1.165) is 19.4 Å². The molecule has 2 N–H and O–H groups in total. The molecule has 0 radical (unpaired) electrons. The highest BCUT2D eigenvalue weighted by molar-refractivity contribution is 5.91. The number of piperidine rings is 1. The van der Waals surface area contributed by atoms with Gasteiger partial charge in [-0.15, -0.1) is 12.4 Å². The summed E-state index contributed by atoms with van der Waals surface area (Å²) in [6.45, 7) is 1.35. The van der Waals surface area contributed by atoms with Crippen LogP contribution in [-0.2, 0) is 4.79 Å². The maximum Gasteiger partial charge on any atom is 0.246 e. The first-order chi connectivity index (χ1) is 8.65. The number of hydrogen-bond acceptors (Lipinski definition) is 2. The first kappa shape index (κ1) is 15.7. The fourth-order valence-electron chi connectivity index (χ4n) is 2.09. The summed E-state index contributed by atoms with van der Waals surface area (Å²) < 4.78 is 13.0. The van der Waals surface area contributed by atoms with Gasteiger partial charge in [0.15, 0.2) is 0 Å². The topological polar surface area (TPSA) is 46.3 Å². The van der Waals surface area contributed by atoms with Gasteiger partial charge in [-0.1, -0.05) is 12.1 Å². The second-order valence-corrected chi connectivity index (χ2v) is 4.57. The monoisotopic (exact) mass is 284 g/mol. The molecule has 0 bridgehead atoms. The van der Waals surface area contributed by atoms with Crippen LogP contribution in [0, 0.1) is 5.82 Å². The normalized spacial score (nSPS) is 19.3. The van der Waals surface area contributed by atoms with Gasteiger partial charge >= 0.3 is 0 Å². The Morgan fingerprint density at radius 1 is 1.47 bits per heavy atom. The van der Waals surface area contributed by atoms with E-state index >= 15 is 0 Å². The molecule has 0 saturated carbocycles. The van der Waals surface area contributed by atoms with Crippen molar-refractivity contribution in [3.63, 3.8) is 0 Å². The standard InChI is InChI=1S/C14H17FN2O.ClH/c15-12-4-1-3-11(9-12)6-7-14(18)17-8-2-5-13(16)10-17;/h1,3-4,6-7,9,13H,2,5,8,10,16H2;1H. The van der Waals surface area contributed by atoms with Crippen molar-refractivity contribution in [1.82, 2.24) is 4.90 Å². The van der Waals surface area contributed by atoms with E-state index in [0.29, 0.717) is 12.1 Å². The Kier molecular flexibility index (Phi) is 5.99. The van der Waals surface area contributed by atoms with Gasteiger partial charge in [-0.05, 0) is 36.6 Å². The van der Waals surface area contributed by atoms with Crippen LogP contribution < -0.4 is 5.73 Å². The number of benzene rings is 1. The van der Waals surface area contributed by atoms with Crippen molar-refractivity contribution in [3.8, 4) is 0 Å². The summed E-state index contributed by atoms with van der Waals surface area (Å²) in [5, 5.41) is 0. The molecule has 104 valence electrons. The summed E-state index contributed by atoms with van der Waals surface area (Å²) in [5.41, 5.74) is 6.51. The van der Waals surface area contributed by atoms with E-state index in [1.807, 2.05) is 0 Å². The maximum atomic E-state index is 13.0. The second kappa shape index (κ2) is 7.26. The largest absolute Gasteiger partial charge is 0.338 e. The van der Waals surface area contributed by atoms with Crippen LogP contribution in [0.1, 0.15) is 18.4 Å². The van der Waals surface area contributed by atoms with Crippen LogP contribution in [0.25, 0.3) is 6.08 Å². The summed E-state index contributed by atoms with van der Waals surface area (Å²) in [7, 11) is 0. The van der Waals surface area contributed by atoms with Gasteiger partial charge in [-0.3, -0.25) is 4.79 Å². The Hall–Kier alpha value is -1.39. The first-order valence-corrected chi connectivity index (χ1v) is 6.13. The van der Waals surface area contributed by atoms with Crippen molar-refractivity contribution in [1.29, 1.82) is 0 Å². The molecule has 1 amide bonds. The van der Waals surface area contributed by atoms with Gasteiger partial charge in [0.2, 0.25) is 5.91 Å². The molecule has 1 aliphatic heterocycles. The summed E-state index contributed by atoms with van der Waals surface area (Å²) in [6.07, 6.45) is 5.02. The van der Waals surface area contributed by atoms with E-state index < -0.39 is 0 Å². The molecule has 1 heterocycles. The Balaban J connectivity index is 0.00000180. The molecule has 1 aromatic rings. The predicted octanol–water partition coefficient (Wildman–Crippen LogP) is 2.21. The minimum Gasteiger partial charge on any atom is -0.338 e. The Labute approximate surface area is 118 Å². The van der Waals surface area contributed by atoms with Gasteiger partial charge in [-0.25, -0.2) is 4.39 Å². The van der Waals surface area contributed by atoms with E-state index in [2.05, 4.69) is 0 Å². The average molecular weight is 285 g/mol. The molecule has 0 aromatic heterocycles. The number of nitrogens with zero attached hydrogens (tertiary/aromatic N) is 1. The van der Waals surface area contributed by atoms with Gasteiger partial charge < -0.3 is 10.6 Å². The summed E-state index contributed by atoms with van der Waals surface area (Å²) in [6, 6.07) is 6.23. The minimum atomic E-state index is -0.301. The van der Waals surface area contributed by atoms with E-state index in [9.17, 15) is 9.18 Å². The molecule has 0 aliphatic carbocycles. The lowest BCUT2D eigenvalue weighted by Gasteiger charge is -2.29. The lowest BCUT2D eigenvalue weighted by atomic mass is 10.1. The van der Waals surface area contributed by atoms with Crippen molar-refractivity contribution >= 4 is 24.4 Å². The SMILES string of the molecule is Cl.NC1CCCN(C(=O)C=Cc2cccc(F)c2)C1. The third-order valence-corrected chi connectivity index (χ3v) is 3.04. The third kappa shape index (κ3) is 4.65. The highest BCUT2D eigenvalue weighted by Crippen LogP contribution is 2.10. The molecule has 1 aliphatic rings. The number of rotatable bonds is 2. The zero-order valence-electron chi connectivity index (χ0n) is 10.6. The fourth-order valence-corrected chi connectivity index (χ4v) is 2.09. The number of carbonyl (C=O) groups is 1. The Bertz CT molecular complexity index is 465. The van der Waals surface area contributed by atoms with Crippen molar-refractivity contribution in [3.05, 3.63) is 41.7 Å². The number of carbonyl (C=O) groups excluding carboxylic acids is 1. The lowest BCUT2D eigenvalue weighted by Crippen LogP contribution is -2.45. The maximum absolute atomic E-state index is 13.0. The predicted molar refractivity (Wildman–Crippen MR) is 76.5 cm³/mol. The third-order valence-electron chi connectivity index (χ3n) is 3.04. The number of amides is 1. The van der Waals surface area contributed by atoms with Gasteiger partial charge in [0, 0.05) is 25.2 Å². The summed E-state index contributed by atoms with van der Waals surface area (Å²) >= 11 is 0. The zero-order valence-corrected chi connectivity index (χ0v) is 11.4. The fraction of sp³-hybridized carbons (Fsp3) is 0.357. The Morgan fingerprint density at radius 2 is 2.26 bits per heavy atom. The molecule has 2 rings (SSSR count). The molecule has 5 heteroatoms.